The van der Waals surface area contributed by atoms with Gasteiger partial charge in [-0.3, -0.25) is 14.4 Å². The molecule has 2 aromatic rings. The van der Waals surface area contributed by atoms with E-state index in [1.54, 1.807) is 0 Å². The average Bonchev–Trinajstić information content (AvgIpc) is 2.98. The molecule has 4 saturated carbocycles. The minimum absolute atomic E-state index is 0.0547. The number of fused-ring (bicyclic) bond motifs is 2. The van der Waals surface area contributed by atoms with E-state index in [0.29, 0.717) is 26.0 Å². The van der Waals surface area contributed by atoms with Gasteiger partial charge in [-0.25, -0.2) is 0 Å². The lowest BCUT2D eigenvalue weighted by Gasteiger charge is -2.57. The van der Waals surface area contributed by atoms with Gasteiger partial charge in [0, 0.05) is 24.6 Å². The second-order valence-corrected chi connectivity index (χ2v) is 14.1. The molecule has 4 bridgehead atoms. The van der Waals surface area contributed by atoms with Gasteiger partial charge in [-0.15, -0.1) is 0 Å². The summed E-state index contributed by atoms with van der Waals surface area (Å²) in [6.07, 6.45) is 12.7. The second-order valence-electron chi connectivity index (χ2n) is 14.1. The maximum atomic E-state index is 14.3. The van der Waals surface area contributed by atoms with Crippen LogP contribution in [0.25, 0.3) is 10.8 Å². The molecule has 2 aromatic carbocycles. The number of likely N-dealkylation sites (tertiary alicyclic amines) is 1. The van der Waals surface area contributed by atoms with E-state index < -0.39 is 11.3 Å². The number of rotatable bonds is 8. The Morgan fingerprint density at radius 2 is 1.69 bits per heavy atom. The lowest BCUT2D eigenvalue weighted by molar-refractivity contribution is -0.162. The quantitative estimate of drug-likeness (QED) is 0.368. The largest absolute Gasteiger partial charge is 0.465 e. The van der Waals surface area contributed by atoms with Crippen molar-refractivity contribution in [3.05, 3.63) is 59.8 Å². The zero-order chi connectivity index (χ0) is 28.9. The molecule has 2 amide bonds. The molecule has 1 heterocycles. The number of carbonyl (C=O) groups is 3. The maximum absolute atomic E-state index is 14.3. The summed E-state index contributed by atoms with van der Waals surface area (Å²) in [7, 11) is 0. The van der Waals surface area contributed by atoms with Crippen molar-refractivity contribution in [2.24, 2.45) is 34.5 Å². The third kappa shape index (κ3) is 4.85. The Balaban J connectivity index is 1.14. The second kappa shape index (κ2) is 10.8. The first kappa shape index (κ1) is 27.7. The highest BCUT2D eigenvalue weighted by Gasteiger charge is 2.55. The molecule has 0 aromatic heterocycles. The molecule has 1 aliphatic heterocycles. The van der Waals surface area contributed by atoms with Crippen LogP contribution in [-0.2, 0) is 25.7 Å². The SMILES string of the molecule is CCOC(=O)[C@]12CCCC=C1N(Cc1cccc3ccccc13)C(=O)[C@H](CC(=O)NCC13CC4CC(CC(C4)C1)C3)C2. The lowest BCUT2D eigenvalue weighted by Crippen LogP contribution is -2.54. The monoisotopic (exact) mass is 568 g/mol. The fourth-order valence-corrected chi connectivity index (χ4v) is 9.96. The first-order chi connectivity index (χ1) is 20.4. The van der Waals surface area contributed by atoms with Crippen LogP contribution in [0.2, 0.25) is 0 Å². The van der Waals surface area contributed by atoms with Crippen LogP contribution in [0.4, 0.5) is 0 Å². The van der Waals surface area contributed by atoms with Gasteiger partial charge < -0.3 is 15.0 Å². The predicted octanol–water partition coefficient (Wildman–Crippen LogP) is 6.53. The summed E-state index contributed by atoms with van der Waals surface area (Å²) in [6.45, 7) is 3.22. The number of hydrogen-bond donors (Lipinski definition) is 1. The predicted molar refractivity (Wildman–Crippen MR) is 162 cm³/mol. The number of piperidine rings is 1. The van der Waals surface area contributed by atoms with Crippen molar-refractivity contribution in [2.45, 2.75) is 84.1 Å². The number of nitrogens with zero attached hydrogens (tertiary/aromatic N) is 1. The van der Waals surface area contributed by atoms with Crippen LogP contribution in [-0.4, -0.2) is 35.8 Å². The molecule has 0 spiro atoms. The number of benzene rings is 2. The van der Waals surface area contributed by atoms with E-state index in [1.165, 1.54) is 38.5 Å². The minimum Gasteiger partial charge on any atom is -0.465 e. The topological polar surface area (TPSA) is 75.7 Å². The first-order valence-corrected chi connectivity index (χ1v) is 16.3. The fourth-order valence-electron chi connectivity index (χ4n) is 9.96. The molecular formula is C36H44N2O4. The summed E-state index contributed by atoms with van der Waals surface area (Å²) < 4.78 is 5.67. The van der Waals surface area contributed by atoms with Crippen LogP contribution in [0, 0.1) is 34.5 Å². The Kier molecular flexibility index (Phi) is 7.14. The third-order valence-electron chi connectivity index (χ3n) is 11.3. The van der Waals surface area contributed by atoms with Crippen molar-refractivity contribution in [2.75, 3.05) is 13.2 Å². The number of amides is 2. The van der Waals surface area contributed by atoms with Crippen molar-refractivity contribution in [1.82, 2.24) is 10.2 Å². The number of esters is 1. The number of allylic oxidation sites excluding steroid dienone is 1. The van der Waals surface area contributed by atoms with Gasteiger partial charge in [0.1, 0.15) is 5.41 Å². The van der Waals surface area contributed by atoms with Crippen molar-refractivity contribution < 1.29 is 19.1 Å². The van der Waals surface area contributed by atoms with Gasteiger partial charge in [0.15, 0.2) is 0 Å². The van der Waals surface area contributed by atoms with Gasteiger partial charge >= 0.3 is 5.97 Å². The minimum atomic E-state index is -0.891. The maximum Gasteiger partial charge on any atom is 0.318 e. The summed E-state index contributed by atoms with van der Waals surface area (Å²) in [5, 5.41) is 5.51. The van der Waals surface area contributed by atoms with Crippen LogP contribution in [0.5, 0.6) is 0 Å². The number of hydrogen-bond acceptors (Lipinski definition) is 4. The van der Waals surface area contributed by atoms with Gasteiger partial charge in [0.2, 0.25) is 11.8 Å². The Bertz CT molecular complexity index is 1390. The molecule has 5 aliphatic carbocycles. The van der Waals surface area contributed by atoms with E-state index >= 15 is 0 Å². The lowest BCUT2D eigenvalue weighted by atomic mass is 9.49. The molecule has 1 saturated heterocycles. The van der Waals surface area contributed by atoms with Crippen LogP contribution in [0.15, 0.2) is 54.2 Å². The Hall–Kier alpha value is -3.15. The molecule has 8 rings (SSSR count). The number of carbonyl (C=O) groups excluding carboxylic acids is 3. The molecule has 0 radical (unpaired) electrons. The summed E-state index contributed by atoms with van der Waals surface area (Å²) in [5.41, 5.74) is 1.16. The Morgan fingerprint density at radius 1 is 0.976 bits per heavy atom. The molecule has 6 heteroatoms. The fraction of sp³-hybridized carbons (Fsp3) is 0.583. The van der Waals surface area contributed by atoms with E-state index in [1.807, 2.05) is 30.0 Å². The molecular weight excluding hydrogens is 524 g/mol. The summed E-state index contributed by atoms with van der Waals surface area (Å²) in [6, 6.07) is 14.4. The highest BCUT2D eigenvalue weighted by atomic mass is 16.5. The average molecular weight is 569 g/mol. The van der Waals surface area contributed by atoms with E-state index in [2.05, 4.69) is 35.7 Å². The first-order valence-electron chi connectivity index (χ1n) is 16.3. The van der Waals surface area contributed by atoms with Crippen LogP contribution >= 0.6 is 0 Å². The normalized spacial score (nSPS) is 33.3. The number of ether oxygens (including phenoxy) is 1. The highest BCUT2D eigenvalue weighted by molar-refractivity contribution is 5.93. The van der Waals surface area contributed by atoms with E-state index in [4.69, 9.17) is 4.74 Å². The molecule has 0 unspecified atom stereocenters. The molecule has 6 aliphatic rings. The third-order valence-corrected chi connectivity index (χ3v) is 11.3. The highest BCUT2D eigenvalue weighted by Crippen LogP contribution is 2.59. The zero-order valence-electron chi connectivity index (χ0n) is 24.9. The van der Waals surface area contributed by atoms with Gasteiger partial charge in [-0.1, -0.05) is 48.5 Å². The summed E-state index contributed by atoms with van der Waals surface area (Å²) in [4.78, 5) is 43.3. The van der Waals surface area contributed by atoms with Gasteiger partial charge in [0.05, 0.1) is 13.2 Å². The standard InChI is InChI=1S/C36H44N2O4/c1-2-42-34(41)36-13-6-5-12-31(36)38(22-28-10-7-9-27-8-3-4-11-30(27)28)33(40)29(21-36)17-32(39)37-23-35-18-24-14-25(19-35)16-26(15-24)20-35/h3-4,7-12,24-26,29H,2,5-6,13-23H2,1H3,(H,37,39)/t24?,25?,26?,29-,35?,36+/m1/s1. The number of nitrogens with one attached hydrogen (secondary N) is 1. The molecule has 42 heavy (non-hydrogen) atoms. The van der Waals surface area contributed by atoms with Gasteiger partial charge in [-0.2, -0.15) is 0 Å². The van der Waals surface area contributed by atoms with Crippen LogP contribution in [0.3, 0.4) is 0 Å². The molecule has 222 valence electrons. The molecule has 6 nitrogen and oxygen atoms in total. The van der Waals surface area contributed by atoms with Gasteiger partial charge in [0.25, 0.3) is 0 Å². The van der Waals surface area contributed by atoms with Crippen molar-refractivity contribution in [1.29, 1.82) is 0 Å². The van der Waals surface area contributed by atoms with Gasteiger partial charge in [-0.05, 0) is 111 Å². The van der Waals surface area contributed by atoms with E-state index in [0.717, 1.165) is 59.2 Å². The van der Waals surface area contributed by atoms with Crippen LogP contribution in [0.1, 0.15) is 83.1 Å². The Morgan fingerprint density at radius 3 is 2.43 bits per heavy atom. The smallest absolute Gasteiger partial charge is 0.318 e. The Labute approximate surface area is 249 Å². The van der Waals surface area contributed by atoms with Crippen molar-refractivity contribution >= 4 is 28.6 Å². The van der Waals surface area contributed by atoms with Crippen molar-refractivity contribution in [3.63, 3.8) is 0 Å². The van der Waals surface area contributed by atoms with E-state index in [9.17, 15) is 14.4 Å². The van der Waals surface area contributed by atoms with Crippen molar-refractivity contribution in [3.8, 4) is 0 Å². The molecule has 1 N–H and O–H groups in total. The summed E-state index contributed by atoms with van der Waals surface area (Å²) in [5.74, 6) is 1.56. The zero-order valence-corrected chi connectivity index (χ0v) is 24.9. The van der Waals surface area contributed by atoms with E-state index in [-0.39, 0.29) is 29.6 Å². The molecule has 2 atom stereocenters. The van der Waals surface area contributed by atoms with Crippen LogP contribution < -0.4 is 5.32 Å². The molecule has 5 fully saturated rings. The summed E-state index contributed by atoms with van der Waals surface area (Å²) >= 11 is 0.